The number of fused-ring (bicyclic) bond motifs is 2. The van der Waals surface area contributed by atoms with E-state index in [0.717, 1.165) is 36.0 Å². The first-order valence-corrected chi connectivity index (χ1v) is 8.39. The predicted molar refractivity (Wildman–Crippen MR) is 87.9 cm³/mol. The van der Waals surface area contributed by atoms with Gasteiger partial charge in [0.1, 0.15) is 9.71 Å². The van der Waals surface area contributed by atoms with Crippen LogP contribution in [0, 0.1) is 0 Å². The molecule has 1 amide bonds. The van der Waals surface area contributed by atoms with Crippen molar-refractivity contribution < 1.29 is 4.79 Å². The minimum atomic E-state index is 0.00956. The van der Waals surface area contributed by atoms with Crippen LogP contribution in [0.15, 0.2) is 6.07 Å². The zero-order valence-corrected chi connectivity index (χ0v) is 13.4. The third kappa shape index (κ3) is 2.50. The van der Waals surface area contributed by atoms with Gasteiger partial charge in [0.15, 0.2) is 0 Å². The molecule has 5 heteroatoms. The molecule has 0 spiro atoms. The largest absolute Gasteiger partial charge is 0.397 e. The Balaban J connectivity index is 2.05. The summed E-state index contributed by atoms with van der Waals surface area (Å²) in [6, 6.07) is 2.15. The Morgan fingerprint density at radius 3 is 2.95 bits per heavy atom. The molecule has 0 atom stereocenters. The second kappa shape index (κ2) is 5.64. The van der Waals surface area contributed by atoms with Crippen LogP contribution in [-0.2, 0) is 12.8 Å². The van der Waals surface area contributed by atoms with Gasteiger partial charge in [0.25, 0.3) is 5.91 Å². The number of nitrogens with zero attached hydrogens (tertiary/aromatic N) is 2. The first kappa shape index (κ1) is 14.3. The molecule has 2 aromatic rings. The van der Waals surface area contributed by atoms with Gasteiger partial charge in [-0.2, -0.15) is 0 Å². The van der Waals surface area contributed by atoms with Crippen molar-refractivity contribution in [2.24, 2.45) is 0 Å². The van der Waals surface area contributed by atoms with E-state index >= 15 is 0 Å². The van der Waals surface area contributed by atoms with E-state index in [1.807, 2.05) is 7.05 Å². The van der Waals surface area contributed by atoms with Crippen LogP contribution in [0.25, 0.3) is 10.2 Å². The highest BCUT2D eigenvalue weighted by molar-refractivity contribution is 7.21. The van der Waals surface area contributed by atoms with Crippen LogP contribution >= 0.6 is 11.3 Å². The molecular weight excluding hydrogens is 282 g/mol. The highest BCUT2D eigenvalue weighted by atomic mass is 32.1. The summed E-state index contributed by atoms with van der Waals surface area (Å²) in [5.41, 5.74) is 9.33. The summed E-state index contributed by atoms with van der Waals surface area (Å²) in [5, 5.41) is 0.953. The van der Waals surface area contributed by atoms with Gasteiger partial charge < -0.3 is 10.6 Å². The first-order chi connectivity index (χ1) is 10.1. The monoisotopic (exact) mass is 303 g/mol. The summed E-state index contributed by atoms with van der Waals surface area (Å²) < 4.78 is 0. The Morgan fingerprint density at radius 1 is 1.43 bits per heavy atom. The molecule has 2 aromatic heterocycles. The first-order valence-electron chi connectivity index (χ1n) is 7.58. The fourth-order valence-corrected chi connectivity index (χ4v) is 4.02. The van der Waals surface area contributed by atoms with Crippen LogP contribution in [0.4, 0.5) is 5.69 Å². The fraction of sp³-hybridized carbons (Fsp3) is 0.500. The quantitative estimate of drug-likeness (QED) is 0.947. The number of nitrogens with two attached hydrogens (primary N) is 1. The number of carbonyl (C=O) groups excluding carboxylic acids is 1. The van der Waals surface area contributed by atoms with Crippen LogP contribution < -0.4 is 5.73 Å². The molecule has 1 aliphatic rings. The molecule has 0 saturated heterocycles. The van der Waals surface area contributed by atoms with Crippen molar-refractivity contribution in [1.29, 1.82) is 0 Å². The zero-order chi connectivity index (χ0) is 15.0. The molecule has 0 aromatic carbocycles. The number of rotatable bonds is 3. The number of amides is 1. The van der Waals surface area contributed by atoms with E-state index in [2.05, 4.69) is 13.0 Å². The lowest BCUT2D eigenvalue weighted by Crippen LogP contribution is -2.27. The topological polar surface area (TPSA) is 59.2 Å². The lowest BCUT2D eigenvalue weighted by molar-refractivity contribution is 0.0801. The molecular formula is C16H21N3OS. The maximum atomic E-state index is 12.5. The van der Waals surface area contributed by atoms with E-state index in [-0.39, 0.29) is 5.91 Å². The number of hydrogen-bond donors (Lipinski definition) is 1. The number of hydrogen-bond acceptors (Lipinski definition) is 4. The van der Waals surface area contributed by atoms with E-state index in [1.54, 1.807) is 4.90 Å². The van der Waals surface area contributed by atoms with Crippen molar-refractivity contribution in [1.82, 2.24) is 9.88 Å². The maximum Gasteiger partial charge on any atom is 0.265 e. The van der Waals surface area contributed by atoms with Crippen LogP contribution in [0.3, 0.4) is 0 Å². The van der Waals surface area contributed by atoms with Gasteiger partial charge in [0.2, 0.25) is 0 Å². The molecule has 0 unspecified atom stereocenters. The van der Waals surface area contributed by atoms with Gasteiger partial charge in [-0.3, -0.25) is 4.79 Å². The number of aromatic nitrogens is 1. The van der Waals surface area contributed by atoms with E-state index in [0.29, 0.717) is 10.6 Å². The lowest BCUT2D eigenvalue weighted by atomic mass is 9.95. The Labute approximate surface area is 129 Å². The highest BCUT2D eigenvalue weighted by Crippen LogP contribution is 2.35. The fourth-order valence-electron chi connectivity index (χ4n) is 2.93. The van der Waals surface area contributed by atoms with Crippen LogP contribution in [0.1, 0.15) is 47.1 Å². The maximum absolute atomic E-state index is 12.5. The van der Waals surface area contributed by atoms with E-state index in [4.69, 9.17) is 10.7 Å². The summed E-state index contributed by atoms with van der Waals surface area (Å²) in [4.78, 5) is 20.5. The second-order valence-electron chi connectivity index (χ2n) is 5.73. The third-order valence-electron chi connectivity index (χ3n) is 4.10. The Kier molecular flexibility index (Phi) is 3.85. The van der Waals surface area contributed by atoms with Gasteiger partial charge >= 0.3 is 0 Å². The average molecular weight is 303 g/mol. The van der Waals surface area contributed by atoms with Crippen molar-refractivity contribution >= 4 is 33.1 Å². The molecule has 21 heavy (non-hydrogen) atoms. The number of carbonyl (C=O) groups is 1. The van der Waals surface area contributed by atoms with Gasteiger partial charge in [-0.15, -0.1) is 11.3 Å². The van der Waals surface area contributed by atoms with Gasteiger partial charge in [0.05, 0.1) is 5.69 Å². The standard InChI is InChI=1S/C16H21N3OS/c1-3-8-19(2)16(20)14-13(17)11-9-10-6-4-5-7-12(10)18-15(11)21-14/h9H,3-8,17H2,1-2H3. The van der Waals surface area contributed by atoms with E-state index < -0.39 is 0 Å². The van der Waals surface area contributed by atoms with Crippen LogP contribution in [-0.4, -0.2) is 29.4 Å². The number of aryl methyl sites for hydroxylation is 2. The molecule has 0 saturated carbocycles. The molecule has 4 nitrogen and oxygen atoms in total. The summed E-state index contributed by atoms with van der Waals surface area (Å²) in [7, 11) is 1.83. The summed E-state index contributed by atoms with van der Waals surface area (Å²) >= 11 is 1.43. The average Bonchev–Trinajstić information content (AvgIpc) is 2.81. The second-order valence-corrected chi connectivity index (χ2v) is 6.72. The Bertz CT molecular complexity index is 692. The zero-order valence-electron chi connectivity index (χ0n) is 12.6. The smallest absolute Gasteiger partial charge is 0.265 e. The van der Waals surface area contributed by atoms with E-state index in [9.17, 15) is 4.79 Å². The van der Waals surface area contributed by atoms with Gasteiger partial charge in [-0.05, 0) is 43.7 Å². The summed E-state index contributed by atoms with van der Waals surface area (Å²) in [6.45, 7) is 2.81. The SMILES string of the molecule is CCCN(C)C(=O)c1sc2nc3c(cc2c1N)CCCC3. The van der Waals surface area contributed by atoms with Crippen molar-refractivity contribution in [3.8, 4) is 0 Å². The number of pyridine rings is 1. The molecule has 0 radical (unpaired) electrons. The number of anilines is 1. The third-order valence-corrected chi connectivity index (χ3v) is 5.20. The predicted octanol–water partition coefficient (Wildman–Crippen LogP) is 3.24. The van der Waals surface area contributed by atoms with Crippen LogP contribution in [0.5, 0.6) is 0 Å². The molecule has 0 fully saturated rings. The van der Waals surface area contributed by atoms with Crippen LogP contribution in [0.2, 0.25) is 0 Å². The molecule has 0 bridgehead atoms. The molecule has 112 valence electrons. The normalized spacial score (nSPS) is 14.2. The number of thiophene rings is 1. The van der Waals surface area contributed by atoms with Gasteiger partial charge in [-0.1, -0.05) is 6.92 Å². The summed E-state index contributed by atoms with van der Waals surface area (Å²) in [6.07, 6.45) is 5.49. The Hall–Kier alpha value is -1.62. The minimum Gasteiger partial charge on any atom is -0.397 e. The molecule has 2 heterocycles. The Morgan fingerprint density at radius 2 is 2.19 bits per heavy atom. The van der Waals surface area contributed by atoms with Crippen molar-refractivity contribution in [2.45, 2.75) is 39.0 Å². The molecule has 0 aliphatic heterocycles. The van der Waals surface area contributed by atoms with Gasteiger partial charge in [-0.25, -0.2) is 4.98 Å². The molecule has 2 N–H and O–H groups in total. The van der Waals surface area contributed by atoms with E-state index in [1.165, 1.54) is 35.4 Å². The van der Waals surface area contributed by atoms with Crippen molar-refractivity contribution in [3.63, 3.8) is 0 Å². The lowest BCUT2D eigenvalue weighted by Gasteiger charge is -2.15. The minimum absolute atomic E-state index is 0.00956. The van der Waals surface area contributed by atoms with Crippen molar-refractivity contribution in [3.05, 3.63) is 22.2 Å². The molecule has 3 rings (SSSR count). The molecule has 1 aliphatic carbocycles. The van der Waals surface area contributed by atoms with Gasteiger partial charge in [0, 0.05) is 24.7 Å². The highest BCUT2D eigenvalue weighted by Gasteiger charge is 2.22. The number of nitrogen functional groups attached to an aromatic ring is 1. The summed E-state index contributed by atoms with van der Waals surface area (Å²) in [5.74, 6) is 0.00956. The van der Waals surface area contributed by atoms with Crippen molar-refractivity contribution in [2.75, 3.05) is 19.3 Å².